The number of sulfonamides is 1. The van der Waals surface area contributed by atoms with Gasteiger partial charge in [-0.1, -0.05) is 36.8 Å². The first-order valence-electron chi connectivity index (χ1n) is 12.6. The number of hydrogen-bond donors (Lipinski definition) is 1. The zero-order valence-corrected chi connectivity index (χ0v) is 22.0. The Bertz CT molecular complexity index is 1630. The van der Waals surface area contributed by atoms with Gasteiger partial charge in [-0.05, 0) is 55.3 Å². The molecule has 3 heterocycles. The summed E-state index contributed by atoms with van der Waals surface area (Å²) >= 11 is 0. The third-order valence-corrected chi connectivity index (χ3v) is 8.39. The predicted octanol–water partition coefficient (Wildman–Crippen LogP) is 4.53. The second-order valence-electron chi connectivity index (χ2n) is 9.14. The molecule has 2 aromatic carbocycles. The third-order valence-electron chi connectivity index (χ3n) is 6.49. The van der Waals surface area contributed by atoms with E-state index in [9.17, 15) is 18.5 Å². The van der Waals surface area contributed by atoms with Gasteiger partial charge in [0, 0.05) is 30.4 Å². The monoisotopic (exact) mass is 541 g/mol. The van der Waals surface area contributed by atoms with Crippen LogP contribution in [0.5, 0.6) is 0 Å². The van der Waals surface area contributed by atoms with Gasteiger partial charge in [0.1, 0.15) is 23.1 Å². The lowest BCUT2D eigenvalue weighted by atomic mass is 10.1. The number of piperidine rings is 1. The Kier molecular flexibility index (Phi) is 7.72. The van der Waals surface area contributed by atoms with Gasteiger partial charge in [-0.3, -0.25) is 4.79 Å². The fraction of sp³-hybridized carbons (Fsp3) is 0.207. The molecule has 1 aliphatic rings. The van der Waals surface area contributed by atoms with Crippen molar-refractivity contribution in [3.8, 4) is 23.0 Å². The highest BCUT2D eigenvalue weighted by atomic mass is 32.2. The van der Waals surface area contributed by atoms with Gasteiger partial charge in [0.05, 0.1) is 23.4 Å². The quantitative estimate of drug-likeness (QED) is 0.258. The molecule has 39 heavy (non-hydrogen) atoms. The Morgan fingerprint density at radius 2 is 1.85 bits per heavy atom. The Labute approximate surface area is 227 Å². The van der Waals surface area contributed by atoms with E-state index in [1.54, 1.807) is 47.3 Å². The Hall–Kier alpha value is -4.46. The molecule has 0 atom stereocenters. The topological polar surface area (TPSA) is 121 Å². The minimum atomic E-state index is -3.66. The number of carbonyl (C=O) groups is 1. The first-order valence-corrected chi connectivity index (χ1v) is 14.1. The highest BCUT2D eigenvalue weighted by Gasteiger charge is 2.26. The molecule has 0 saturated carbocycles. The molecule has 4 aromatic rings. The van der Waals surface area contributed by atoms with Crippen LogP contribution in [0.4, 0.5) is 0 Å². The number of rotatable bonds is 8. The summed E-state index contributed by atoms with van der Waals surface area (Å²) in [5.74, 6) is -0.00121. The van der Waals surface area contributed by atoms with Gasteiger partial charge in [0.2, 0.25) is 10.0 Å². The normalized spacial score (nSPS) is 14.6. The number of hydrogen-bond acceptors (Lipinski definition) is 6. The molecule has 1 amide bonds. The number of furan rings is 1. The van der Waals surface area contributed by atoms with Gasteiger partial charge in [0.25, 0.3) is 5.91 Å². The van der Waals surface area contributed by atoms with Gasteiger partial charge in [0.15, 0.2) is 0 Å². The van der Waals surface area contributed by atoms with Gasteiger partial charge in [-0.25, -0.2) is 13.1 Å². The van der Waals surface area contributed by atoms with Crippen LogP contribution in [0.3, 0.4) is 0 Å². The van der Waals surface area contributed by atoms with Gasteiger partial charge in [-0.15, -0.1) is 0 Å². The minimum Gasteiger partial charge on any atom is -0.467 e. The van der Waals surface area contributed by atoms with Crippen LogP contribution >= 0.6 is 0 Å². The summed E-state index contributed by atoms with van der Waals surface area (Å²) in [6.45, 7) is 1.14. The summed E-state index contributed by atoms with van der Waals surface area (Å²) in [6.07, 6.45) is 7.39. The zero-order valence-electron chi connectivity index (χ0n) is 21.2. The summed E-state index contributed by atoms with van der Waals surface area (Å²) in [5.41, 5.74) is 2.16. The first-order chi connectivity index (χ1) is 19.0. The molecule has 5 rings (SSSR count). The van der Waals surface area contributed by atoms with E-state index < -0.39 is 15.9 Å². The number of aromatic nitrogens is 2. The largest absolute Gasteiger partial charge is 0.467 e. The number of para-hydroxylation sites is 1. The minimum absolute atomic E-state index is 0.118. The summed E-state index contributed by atoms with van der Waals surface area (Å²) in [4.78, 5) is 13.0. The average molecular weight is 542 g/mol. The molecule has 1 N–H and O–H groups in total. The van der Waals surface area contributed by atoms with Crippen LogP contribution in [-0.2, 0) is 21.4 Å². The molecule has 0 aliphatic carbocycles. The highest BCUT2D eigenvalue weighted by molar-refractivity contribution is 7.89. The molecule has 1 aliphatic heterocycles. The van der Waals surface area contributed by atoms with E-state index in [1.165, 1.54) is 16.6 Å². The van der Waals surface area contributed by atoms with Gasteiger partial charge >= 0.3 is 0 Å². The maximum atomic E-state index is 13.3. The van der Waals surface area contributed by atoms with Crippen molar-refractivity contribution in [1.29, 1.82) is 5.26 Å². The molecule has 1 fully saturated rings. The van der Waals surface area contributed by atoms with Gasteiger partial charge in [-0.2, -0.15) is 14.7 Å². The van der Waals surface area contributed by atoms with E-state index in [0.29, 0.717) is 35.7 Å². The van der Waals surface area contributed by atoms with Crippen molar-refractivity contribution in [2.45, 2.75) is 30.7 Å². The van der Waals surface area contributed by atoms with E-state index in [0.717, 1.165) is 24.9 Å². The summed E-state index contributed by atoms with van der Waals surface area (Å²) < 4.78 is 35.1. The summed E-state index contributed by atoms with van der Waals surface area (Å²) in [6, 6.07) is 21.4. The average Bonchev–Trinajstić information content (AvgIpc) is 3.66. The van der Waals surface area contributed by atoms with E-state index in [-0.39, 0.29) is 17.0 Å². The number of amides is 1. The van der Waals surface area contributed by atoms with E-state index >= 15 is 0 Å². The number of benzene rings is 2. The molecular weight excluding hydrogens is 514 g/mol. The molecule has 9 nitrogen and oxygen atoms in total. The molecule has 1 saturated heterocycles. The van der Waals surface area contributed by atoms with Crippen LogP contribution in [0.25, 0.3) is 23.0 Å². The fourth-order valence-electron chi connectivity index (χ4n) is 4.47. The van der Waals surface area contributed by atoms with Crippen LogP contribution in [0.2, 0.25) is 0 Å². The second-order valence-corrected chi connectivity index (χ2v) is 11.1. The van der Waals surface area contributed by atoms with Crippen LogP contribution < -0.4 is 5.32 Å². The molecule has 0 radical (unpaired) electrons. The van der Waals surface area contributed by atoms with Crippen LogP contribution in [0.1, 0.15) is 30.6 Å². The fourth-order valence-corrected chi connectivity index (χ4v) is 6.03. The Morgan fingerprint density at radius 1 is 1.05 bits per heavy atom. The molecule has 0 unspecified atom stereocenters. The first kappa shape index (κ1) is 26.2. The van der Waals surface area contributed by atoms with Crippen molar-refractivity contribution >= 4 is 22.0 Å². The standard InChI is InChI=1S/C29H27N5O4S/c30-19-23(29(35)31-20-26-12-8-16-38-26)17-24-21-34(25-10-3-1-4-11-25)32-28(24)22-9-7-13-27(18-22)39(36,37)33-14-5-2-6-15-33/h1,3-4,7-13,16-18,21H,2,5-6,14-15,20H2,(H,31,35)/b23-17-. The van der Waals surface area contributed by atoms with Crippen molar-refractivity contribution in [2.24, 2.45) is 0 Å². The maximum Gasteiger partial charge on any atom is 0.262 e. The SMILES string of the molecule is N#C/C(=C/c1cn(-c2ccccc2)nc1-c1cccc(S(=O)(=O)N2CCCCC2)c1)C(=O)NCc1ccco1. The third kappa shape index (κ3) is 5.85. The van der Waals surface area contributed by atoms with Crippen molar-refractivity contribution < 1.29 is 17.6 Å². The molecule has 198 valence electrons. The maximum absolute atomic E-state index is 13.3. The highest BCUT2D eigenvalue weighted by Crippen LogP contribution is 2.29. The zero-order chi connectivity index (χ0) is 27.2. The van der Waals surface area contributed by atoms with Crippen LogP contribution in [0.15, 0.2) is 94.1 Å². The van der Waals surface area contributed by atoms with Crippen molar-refractivity contribution in [2.75, 3.05) is 13.1 Å². The van der Waals surface area contributed by atoms with Crippen LogP contribution in [0, 0.1) is 11.3 Å². The number of nitrogens with zero attached hydrogens (tertiary/aromatic N) is 4. The molecule has 10 heteroatoms. The molecule has 2 aromatic heterocycles. The van der Waals surface area contributed by atoms with E-state index in [1.807, 2.05) is 36.4 Å². The molecular formula is C29H27N5O4S. The Morgan fingerprint density at radius 3 is 2.56 bits per heavy atom. The van der Waals surface area contributed by atoms with Crippen molar-refractivity contribution in [3.63, 3.8) is 0 Å². The Balaban J connectivity index is 1.53. The smallest absolute Gasteiger partial charge is 0.262 e. The lowest BCUT2D eigenvalue weighted by Gasteiger charge is -2.26. The van der Waals surface area contributed by atoms with Crippen molar-refractivity contribution in [1.82, 2.24) is 19.4 Å². The van der Waals surface area contributed by atoms with E-state index in [2.05, 4.69) is 5.32 Å². The second kappa shape index (κ2) is 11.5. The predicted molar refractivity (Wildman–Crippen MR) is 146 cm³/mol. The summed E-state index contributed by atoms with van der Waals surface area (Å²) in [7, 11) is -3.66. The number of nitriles is 1. The lowest BCUT2D eigenvalue weighted by molar-refractivity contribution is -0.117. The summed E-state index contributed by atoms with van der Waals surface area (Å²) in [5, 5.41) is 17.2. The van der Waals surface area contributed by atoms with Crippen molar-refractivity contribution in [3.05, 3.63) is 96.1 Å². The number of nitrogens with one attached hydrogen (secondary N) is 1. The van der Waals surface area contributed by atoms with E-state index in [4.69, 9.17) is 9.52 Å². The molecule has 0 bridgehead atoms. The molecule has 0 spiro atoms. The van der Waals surface area contributed by atoms with Gasteiger partial charge < -0.3 is 9.73 Å². The lowest BCUT2D eigenvalue weighted by Crippen LogP contribution is -2.35. The van der Waals surface area contributed by atoms with Crippen LogP contribution in [-0.4, -0.2) is 41.5 Å². The number of carbonyl (C=O) groups excluding carboxylic acids is 1.